The molecule has 1 saturated heterocycles. The summed E-state index contributed by atoms with van der Waals surface area (Å²) in [6, 6.07) is 17.2. The summed E-state index contributed by atoms with van der Waals surface area (Å²) in [5, 5.41) is 0.526. The summed E-state index contributed by atoms with van der Waals surface area (Å²) in [7, 11) is -1.95. The minimum Gasteiger partial charge on any atom is -0.497 e. The maximum absolute atomic E-state index is 13.6. The Balaban J connectivity index is 1.48. The highest BCUT2D eigenvalue weighted by Gasteiger charge is 2.28. The summed E-state index contributed by atoms with van der Waals surface area (Å²) in [4.78, 5) is 24.5. The van der Waals surface area contributed by atoms with Crippen LogP contribution in [0, 0.1) is 0 Å². The molecule has 0 aliphatic carbocycles. The second-order valence-electron chi connectivity index (χ2n) is 8.18. The summed E-state index contributed by atoms with van der Waals surface area (Å²) in [5.41, 5.74) is 1.85. The summed E-state index contributed by atoms with van der Waals surface area (Å²) in [6.07, 6.45) is 3.41. The standard InChI is InChI=1S/C25H24N4O4S2/c1-33-20-9-12-22-23(16-20)34-25(27-22)29(17-19-6-2-3-13-26-19)24(30)18-7-10-21(11-8-18)35(31,32)28-14-4-5-15-28/h2-3,6-13,16H,4-5,14-15,17H2,1H3. The van der Waals surface area contributed by atoms with Gasteiger partial charge in [0, 0.05) is 24.8 Å². The average Bonchev–Trinajstić information content (AvgIpc) is 3.58. The van der Waals surface area contributed by atoms with Crippen LogP contribution >= 0.6 is 11.3 Å². The lowest BCUT2D eigenvalue weighted by atomic mass is 10.2. The fraction of sp³-hybridized carbons (Fsp3) is 0.240. The van der Waals surface area contributed by atoms with Crippen molar-refractivity contribution in [3.05, 3.63) is 78.1 Å². The normalized spacial score (nSPS) is 14.3. The molecule has 1 amide bonds. The number of anilines is 1. The molecular weight excluding hydrogens is 484 g/mol. The Morgan fingerprint density at radius 2 is 1.86 bits per heavy atom. The molecule has 0 spiro atoms. The molecule has 8 nitrogen and oxygen atoms in total. The highest BCUT2D eigenvalue weighted by molar-refractivity contribution is 7.89. The first-order valence-electron chi connectivity index (χ1n) is 11.2. The molecule has 0 bridgehead atoms. The van der Waals surface area contributed by atoms with E-state index < -0.39 is 10.0 Å². The van der Waals surface area contributed by atoms with Gasteiger partial charge >= 0.3 is 0 Å². The fourth-order valence-electron chi connectivity index (χ4n) is 4.02. The monoisotopic (exact) mass is 508 g/mol. The van der Waals surface area contributed by atoms with Crippen molar-refractivity contribution in [2.75, 3.05) is 25.1 Å². The first kappa shape index (κ1) is 23.4. The summed E-state index contributed by atoms with van der Waals surface area (Å²) >= 11 is 1.39. The molecule has 4 aromatic rings. The van der Waals surface area contributed by atoms with E-state index in [1.54, 1.807) is 30.3 Å². The minimum atomic E-state index is -3.55. The van der Waals surface area contributed by atoms with E-state index in [-0.39, 0.29) is 17.3 Å². The number of nitrogens with zero attached hydrogens (tertiary/aromatic N) is 4. The van der Waals surface area contributed by atoms with Gasteiger partial charge in [-0.2, -0.15) is 4.31 Å². The van der Waals surface area contributed by atoms with Crippen LogP contribution in [0.25, 0.3) is 10.2 Å². The van der Waals surface area contributed by atoms with Crippen LogP contribution in [0.5, 0.6) is 5.75 Å². The van der Waals surface area contributed by atoms with Crippen LogP contribution in [0.1, 0.15) is 28.9 Å². The molecule has 2 aromatic heterocycles. The Morgan fingerprint density at radius 1 is 1.09 bits per heavy atom. The number of thiazole rings is 1. The van der Waals surface area contributed by atoms with Crippen molar-refractivity contribution in [3.8, 4) is 5.75 Å². The van der Waals surface area contributed by atoms with E-state index >= 15 is 0 Å². The number of fused-ring (bicyclic) bond motifs is 1. The van der Waals surface area contributed by atoms with Gasteiger partial charge in [0.2, 0.25) is 10.0 Å². The fourth-order valence-corrected chi connectivity index (χ4v) is 6.53. The summed E-state index contributed by atoms with van der Waals surface area (Å²) in [6.45, 7) is 1.29. The second-order valence-corrected chi connectivity index (χ2v) is 11.1. The topological polar surface area (TPSA) is 92.7 Å². The molecule has 5 rings (SSSR count). The number of hydrogen-bond donors (Lipinski definition) is 0. The number of methoxy groups -OCH3 is 1. The van der Waals surface area contributed by atoms with Crippen LogP contribution < -0.4 is 9.64 Å². The molecule has 35 heavy (non-hydrogen) atoms. The van der Waals surface area contributed by atoms with Crippen molar-refractivity contribution in [1.29, 1.82) is 0 Å². The van der Waals surface area contributed by atoms with E-state index in [0.29, 0.717) is 35.2 Å². The Kier molecular flexibility index (Phi) is 6.50. The predicted octanol–water partition coefficient (Wildman–Crippen LogP) is 4.33. The quantitative estimate of drug-likeness (QED) is 0.369. The number of carbonyl (C=O) groups is 1. The molecule has 3 heterocycles. The van der Waals surface area contributed by atoms with Gasteiger partial charge in [0.05, 0.1) is 34.5 Å². The van der Waals surface area contributed by atoms with E-state index in [0.717, 1.165) is 23.1 Å². The molecule has 1 fully saturated rings. The lowest BCUT2D eigenvalue weighted by Crippen LogP contribution is -2.31. The minimum absolute atomic E-state index is 0.194. The molecule has 2 aromatic carbocycles. The zero-order valence-corrected chi connectivity index (χ0v) is 20.8. The molecule has 1 aliphatic heterocycles. The Morgan fingerprint density at radius 3 is 2.54 bits per heavy atom. The van der Waals surface area contributed by atoms with Gasteiger partial charge in [0.15, 0.2) is 5.13 Å². The first-order chi connectivity index (χ1) is 17.0. The molecule has 0 unspecified atom stereocenters. The van der Waals surface area contributed by atoms with E-state index in [2.05, 4.69) is 9.97 Å². The highest BCUT2D eigenvalue weighted by Crippen LogP contribution is 2.33. The van der Waals surface area contributed by atoms with Crippen LogP contribution in [0.4, 0.5) is 5.13 Å². The molecule has 1 aliphatic rings. The number of hydrogen-bond acceptors (Lipinski definition) is 7. The maximum atomic E-state index is 13.6. The van der Waals surface area contributed by atoms with E-state index in [1.165, 1.54) is 27.8 Å². The van der Waals surface area contributed by atoms with Crippen molar-refractivity contribution in [2.45, 2.75) is 24.3 Å². The van der Waals surface area contributed by atoms with Crippen molar-refractivity contribution in [3.63, 3.8) is 0 Å². The molecule has 0 N–H and O–H groups in total. The van der Waals surface area contributed by atoms with Crippen molar-refractivity contribution in [2.24, 2.45) is 0 Å². The Hall–Kier alpha value is -3.34. The van der Waals surface area contributed by atoms with Crippen molar-refractivity contribution >= 4 is 42.6 Å². The SMILES string of the molecule is COc1ccc2nc(N(Cc3ccccn3)C(=O)c3ccc(S(=O)(=O)N4CCCC4)cc3)sc2c1. The lowest BCUT2D eigenvalue weighted by Gasteiger charge is -2.20. The molecular formula is C25H24N4O4S2. The van der Waals surface area contributed by atoms with Crippen LogP contribution in [0.3, 0.4) is 0 Å². The smallest absolute Gasteiger partial charge is 0.260 e. The average molecular weight is 509 g/mol. The number of pyridine rings is 1. The number of benzene rings is 2. The zero-order valence-electron chi connectivity index (χ0n) is 19.1. The molecule has 0 radical (unpaired) electrons. The number of ether oxygens (including phenoxy) is 1. The van der Waals surface area contributed by atoms with Gasteiger partial charge in [0.1, 0.15) is 5.75 Å². The third kappa shape index (κ3) is 4.77. The van der Waals surface area contributed by atoms with Crippen molar-refractivity contribution in [1.82, 2.24) is 14.3 Å². The number of aromatic nitrogens is 2. The van der Waals surface area contributed by atoms with E-state index in [9.17, 15) is 13.2 Å². The Labute approximate surface area is 207 Å². The summed E-state index contributed by atoms with van der Waals surface area (Å²) in [5.74, 6) is 0.428. The third-order valence-electron chi connectivity index (χ3n) is 5.91. The Bertz CT molecular complexity index is 1450. The second kappa shape index (κ2) is 9.73. The zero-order chi connectivity index (χ0) is 24.4. The molecule has 0 atom stereocenters. The van der Waals surface area contributed by atoms with Gasteiger partial charge in [-0.25, -0.2) is 13.4 Å². The predicted molar refractivity (Wildman–Crippen MR) is 135 cm³/mol. The van der Waals surface area contributed by atoms with Crippen LogP contribution in [0.15, 0.2) is 71.8 Å². The molecule has 0 saturated carbocycles. The lowest BCUT2D eigenvalue weighted by molar-refractivity contribution is 0.0984. The van der Waals surface area contributed by atoms with E-state index in [1.807, 2.05) is 36.4 Å². The number of carbonyl (C=O) groups excluding carboxylic acids is 1. The van der Waals surface area contributed by atoms with Crippen LogP contribution in [-0.4, -0.2) is 48.8 Å². The van der Waals surface area contributed by atoms with Crippen LogP contribution in [-0.2, 0) is 16.6 Å². The van der Waals surface area contributed by atoms with Gasteiger partial charge in [-0.3, -0.25) is 14.7 Å². The van der Waals surface area contributed by atoms with E-state index in [4.69, 9.17) is 4.74 Å². The van der Waals surface area contributed by atoms with Crippen LogP contribution in [0.2, 0.25) is 0 Å². The van der Waals surface area contributed by atoms with Crippen molar-refractivity contribution < 1.29 is 17.9 Å². The van der Waals surface area contributed by atoms with Gasteiger partial charge < -0.3 is 4.74 Å². The van der Waals surface area contributed by atoms with Gasteiger partial charge in [-0.15, -0.1) is 0 Å². The van der Waals surface area contributed by atoms with Gasteiger partial charge in [0.25, 0.3) is 5.91 Å². The number of sulfonamides is 1. The first-order valence-corrected chi connectivity index (χ1v) is 13.5. The number of amides is 1. The number of rotatable bonds is 7. The summed E-state index contributed by atoms with van der Waals surface area (Å²) < 4.78 is 33.4. The molecule has 180 valence electrons. The van der Waals surface area contributed by atoms with Gasteiger partial charge in [-0.1, -0.05) is 17.4 Å². The van der Waals surface area contributed by atoms with Gasteiger partial charge in [-0.05, 0) is 67.4 Å². The largest absolute Gasteiger partial charge is 0.497 e. The third-order valence-corrected chi connectivity index (χ3v) is 8.86. The molecule has 10 heteroatoms. The maximum Gasteiger partial charge on any atom is 0.260 e. The highest BCUT2D eigenvalue weighted by atomic mass is 32.2.